The molecular weight excluding hydrogens is 192 g/mol. The third-order valence-corrected chi connectivity index (χ3v) is 2.42. The molecule has 0 aromatic carbocycles. The van der Waals surface area contributed by atoms with Gasteiger partial charge in [0.25, 0.3) is 5.91 Å². The van der Waals surface area contributed by atoms with Gasteiger partial charge < -0.3 is 15.5 Å². The average molecular weight is 210 g/mol. The largest absolute Gasteiger partial charge is 0.469 e. The lowest BCUT2D eigenvalue weighted by molar-refractivity contribution is 0.0935. The van der Waals surface area contributed by atoms with Gasteiger partial charge in [-0.2, -0.15) is 0 Å². The normalized spacial score (nSPS) is 12.5. The average Bonchev–Trinajstić information content (AvgIpc) is 2.73. The lowest BCUT2D eigenvalue weighted by atomic mass is 10.1. The van der Waals surface area contributed by atoms with Gasteiger partial charge >= 0.3 is 0 Å². The van der Waals surface area contributed by atoms with E-state index in [-0.39, 0.29) is 11.9 Å². The number of hydrogen-bond acceptors (Lipinski definition) is 3. The van der Waals surface area contributed by atoms with Crippen LogP contribution < -0.4 is 11.1 Å². The molecule has 0 aliphatic heterocycles. The van der Waals surface area contributed by atoms with Gasteiger partial charge in [-0.25, -0.2) is 0 Å². The summed E-state index contributed by atoms with van der Waals surface area (Å²) in [5, 5.41) is 2.87. The van der Waals surface area contributed by atoms with Crippen molar-refractivity contribution in [2.75, 3.05) is 6.54 Å². The predicted molar refractivity (Wildman–Crippen MR) is 58.7 cm³/mol. The Morgan fingerprint density at radius 1 is 1.60 bits per heavy atom. The van der Waals surface area contributed by atoms with Crippen molar-refractivity contribution in [3.05, 3.63) is 23.7 Å². The first-order chi connectivity index (χ1) is 7.22. The smallest absolute Gasteiger partial charge is 0.255 e. The first kappa shape index (κ1) is 11.8. The Morgan fingerprint density at radius 3 is 2.87 bits per heavy atom. The summed E-state index contributed by atoms with van der Waals surface area (Å²) >= 11 is 0. The molecule has 0 radical (unpaired) electrons. The van der Waals surface area contributed by atoms with E-state index in [9.17, 15) is 4.79 Å². The second kappa shape index (κ2) is 5.56. The first-order valence-corrected chi connectivity index (χ1v) is 5.30. The topological polar surface area (TPSA) is 68.3 Å². The third kappa shape index (κ3) is 2.83. The number of hydrogen-bond donors (Lipinski definition) is 2. The molecule has 0 spiro atoms. The van der Waals surface area contributed by atoms with Crippen molar-refractivity contribution in [2.24, 2.45) is 5.73 Å². The Bertz CT molecular complexity index is 316. The summed E-state index contributed by atoms with van der Waals surface area (Å²) in [7, 11) is 0. The molecule has 1 aromatic rings. The van der Waals surface area contributed by atoms with Crippen LogP contribution in [0.1, 0.15) is 36.4 Å². The Morgan fingerprint density at radius 2 is 2.33 bits per heavy atom. The van der Waals surface area contributed by atoms with E-state index in [2.05, 4.69) is 5.32 Å². The Labute approximate surface area is 89.8 Å². The van der Waals surface area contributed by atoms with Gasteiger partial charge in [0, 0.05) is 19.0 Å². The van der Waals surface area contributed by atoms with E-state index >= 15 is 0 Å². The first-order valence-electron chi connectivity index (χ1n) is 5.30. The molecule has 1 unspecified atom stereocenters. The summed E-state index contributed by atoms with van der Waals surface area (Å²) in [6, 6.07) is 1.73. The van der Waals surface area contributed by atoms with Crippen molar-refractivity contribution >= 4 is 5.91 Å². The fraction of sp³-hybridized carbons (Fsp3) is 0.545. The van der Waals surface area contributed by atoms with Crippen LogP contribution in [0.25, 0.3) is 0 Å². The number of carbonyl (C=O) groups is 1. The third-order valence-electron chi connectivity index (χ3n) is 2.42. The highest BCUT2D eigenvalue weighted by Crippen LogP contribution is 2.11. The minimum absolute atomic E-state index is 0.0390. The van der Waals surface area contributed by atoms with Gasteiger partial charge in [0.1, 0.15) is 5.76 Å². The number of furan rings is 1. The van der Waals surface area contributed by atoms with E-state index < -0.39 is 0 Å². The molecule has 0 bridgehead atoms. The van der Waals surface area contributed by atoms with Crippen molar-refractivity contribution in [3.8, 4) is 0 Å². The van der Waals surface area contributed by atoms with E-state index in [1.165, 1.54) is 6.26 Å². The number of carbonyl (C=O) groups excluding carboxylic acids is 1. The summed E-state index contributed by atoms with van der Waals surface area (Å²) in [4.78, 5) is 11.8. The second-order valence-electron chi connectivity index (χ2n) is 3.43. The van der Waals surface area contributed by atoms with Crippen LogP contribution in [-0.2, 0) is 6.42 Å². The van der Waals surface area contributed by atoms with Crippen LogP contribution in [0.5, 0.6) is 0 Å². The van der Waals surface area contributed by atoms with Gasteiger partial charge in [-0.1, -0.05) is 13.8 Å². The molecule has 3 N–H and O–H groups in total. The zero-order valence-electron chi connectivity index (χ0n) is 9.25. The molecule has 15 heavy (non-hydrogen) atoms. The van der Waals surface area contributed by atoms with Gasteiger partial charge in [-0.15, -0.1) is 0 Å². The second-order valence-corrected chi connectivity index (χ2v) is 3.43. The Kier molecular flexibility index (Phi) is 4.37. The molecule has 4 heteroatoms. The summed E-state index contributed by atoms with van der Waals surface area (Å²) < 4.78 is 5.19. The molecular formula is C11H18N2O2. The highest BCUT2D eigenvalue weighted by molar-refractivity contribution is 5.95. The fourth-order valence-corrected chi connectivity index (χ4v) is 1.41. The molecule has 84 valence electrons. The zero-order chi connectivity index (χ0) is 11.3. The van der Waals surface area contributed by atoms with Gasteiger partial charge in [-0.05, 0) is 12.5 Å². The number of nitrogens with two attached hydrogens (primary N) is 1. The van der Waals surface area contributed by atoms with Crippen molar-refractivity contribution in [2.45, 2.75) is 32.7 Å². The van der Waals surface area contributed by atoms with Crippen molar-refractivity contribution < 1.29 is 9.21 Å². The maximum Gasteiger partial charge on any atom is 0.255 e. The molecule has 1 heterocycles. The van der Waals surface area contributed by atoms with Crippen LogP contribution in [-0.4, -0.2) is 18.5 Å². The quantitative estimate of drug-likeness (QED) is 0.770. The van der Waals surface area contributed by atoms with Gasteiger partial charge in [-0.3, -0.25) is 4.79 Å². The maximum absolute atomic E-state index is 11.8. The molecule has 1 atom stereocenters. The van der Waals surface area contributed by atoms with E-state index in [4.69, 9.17) is 10.2 Å². The Hall–Kier alpha value is -1.29. The lowest BCUT2D eigenvalue weighted by Gasteiger charge is -2.14. The van der Waals surface area contributed by atoms with Gasteiger partial charge in [0.05, 0.1) is 11.8 Å². The van der Waals surface area contributed by atoms with Crippen molar-refractivity contribution in [3.63, 3.8) is 0 Å². The molecule has 0 aliphatic rings. The van der Waals surface area contributed by atoms with Gasteiger partial charge in [0.2, 0.25) is 0 Å². The van der Waals surface area contributed by atoms with E-state index in [1.807, 2.05) is 13.8 Å². The maximum atomic E-state index is 11.8. The number of amides is 1. The monoisotopic (exact) mass is 210 g/mol. The fourth-order valence-electron chi connectivity index (χ4n) is 1.41. The summed E-state index contributed by atoms with van der Waals surface area (Å²) in [6.07, 6.45) is 3.09. The highest BCUT2D eigenvalue weighted by Gasteiger charge is 2.15. The van der Waals surface area contributed by atoms with Crippen LogP contribution in [0.15, 0.2) is 16.7 Å². The van der Waals surface area contributed by atoms with Crippen LogP contribution in [0.3, 0.4) is 0 Å². The van der Waals surface area contributed by atoms with E-state index in [1.54, 1.807) is 6.07 Å². The molecule has 0 fully saturated rings. The standard InChI is InChI=1S/C11H18N2O2/c1-3-8(7-12)13-11(14)9-5-6-15-10(9)4-2/h5-6,8H,3-4,7,12H2,1-2H3,(H,13,14). The van der Waals surface area contributed by atoms with Gasteiger partial charge in [0.15, 0.2) is 0 Å². The molecule has 0 saturated heterocycles. The lowest BCUT2D eigenvalue weighted by Crippen LogP contribution is -2.39. The van der Waals surface area contributed by atoms with Crippen LogP contribution in [0.4, 0.5) is 0 Å². The molecule has 0 aliphatic carbocycles. The minimum atomic E-state index is -0.0992. The minimum Gasteiger partial charge on any atom is -0.469 e. The number of rotatable bonds is 5. The molecule has 1 amide bonds. The molecule has 1 rings (SSSR count). The highest BCUT2D eigenvalue weighted by atomic mass is 16.3. The number of aryl methyl sites for hydroxylation is 1. The van der Waals surface area contributed by atoms with Crippen LogP contribution >= 0.6 is 0 Å². The van der Waals surface area contributed by atoms with E-state index in [0.29, 0.717) is 12.1 Å². The summed E-state index contributed by atoms with van der Waals surface area (Å²) in [5.74, 6) is 0.622. The SMILES string of the molecule is CCc1occc1C(=O)NC(CC)CN. The summed E-state index contributed by atoms with van der Waals surface area (Å²) in [5.41, 5.74) is 6.13. The van der Waals surface area contributed by atoms with Crippen LogP contribution in [0, 0.1) is 0 Å². The molecule has 4 nitrogen and oxygen atoms in total. The summed E-state index contributed by atoms with van der Waals surface area (Å²) in [6.45, 7) is 4.41. The van der Waals surface area contributed by atoms with Crippen molar-refractivity contribution in [1.82, 2.24) is 5.32 Å². The van der Waals surface area contributed by atoms with Crippen LogP contribution in [0.2, 0.25) is 0 Å². The zero-order valence-corrected chi connectivity index (χ0v) is 9.25. The molecule has 1 aromatic heterocycles. The van der Waals surface area contributed by atoms with E-state index in [0.717, 1.165) is 18.6 Å². The van der Waals surface area contributed by atoms with Crippen molar-refractivity contribution in [1.29, 1.82) is 0 Å². The molecule has 0 saturated carbocycles. The predicted octanol–water partition coefficient (Wildman–Crippen LogP) is 1.31. The Balaban J connectivity index is 2.68. The number of nitrogens with one attached hydrogen (secondary N) is 1.